The van der Waals surface area contributed by atoms with Crippen LogP contribution in [0, 0.1) is 0 Å². The van der Waals surface area contributed by atoms with Gasteiger partial charge in [0.05, 0.1) is 17.4 Å². The van der Waals surface area contributed by atoms with Gasteiger partial charge in [0.1, 0.15) is 0 Å². The van der Waals surface area contributed by atoms with Gasteiger partial charge in [-0.2, -0.15) is 0 Å². The second-order valence-corrected chi connectivity index (χ2v) is 3.05. The molecule has 0 unspecified atom stereocenters. The van der Waals surface area contributed by atoms with Crippen molar-refractivity contribution < 1.29 is 4.57 Å². The van der Waals surface area contributed by atoms with Crippen LogP contribution in [-0.2, 0) is 0 Å². The van der Waals surface area contributed by atoms with E-state index >= 15 is 0 Å². The van der Waals surface area contributed by atoms with Gasteiger partial charge in [-0.15, -0.1) is 0 Å². The van der Waals surface area contributed by atoms with E-state index in [1.54, 1.807) is 6.20 Å². The lowest BCUT2D eigenvalue weighted by atomic mass is 10.4. The van der Waals surface area contributed by atoms with Crippen LogP contribution in [0.25, 0.3) is 5.82 Å². The zero-order chi connectivity index (χ0) is 9.10. The summed E-state index contributed by atoms with van der Waals surface area (Å²) in [7, 11) is 0. The van der Waals surface area contributed by atoms with E-state index in [-0.39, 0.29) is 0 Å². The van der Waals surface area contributed by atoms with Crippen molar-refractivity contribution in [2.75, 3.05) is 0 Å². The highest BCUT2D eigenvalue weighted by molar-refractivity contribution is 6.30. The van der Waals surface area contributed by atoms with E-state index in [4.69, 9.17) is 11.6 Å². The summed E-state index contributed by atoms with van der Waals surface area (Å²) in [6.07, 6.45) is 5.52. The molecule has 0 aliphatic rings. The molecular formula is C10H8ClN2+. The summed E-state index contributed by atoms with van der Waals surface area (Å²) in [5.74, 6) is 0.866. The lowest BCUT2D eigenvalue weighted by Gasteiger charge is -1.93. The number of halogens is 1. The van der Waals surface area contributed by atoms with Gasteiger partial charge in [-0.1, -0.05) is 17.7 Å². The van der Waals surface area contributed by atoms with Crippen LogP contribution in [0.3, 0.4) is 0 Å². The number of hydrogen-bond acceptors (Lipinski definition) is 1. The Hall–Kier alpha value is -1.41. The third-order valence-corrected chi connectivity index (χ3v) is 1.92. The van der Waals surface area contributed by atoms with Crippen LogP contribution in [-0.4, -0.2) is 4.98 Å². The van der Waals surface area contributed by atoms with Gasteiger partial charge < -0.3 is 0 Å². The molecule has 0 fully saturated rings. The van der Waals surface area contributed by atoms with Gasteiger partial charge in [0.25, 0.3) is 0 Å². The summed E-state index contributed by atoms with van der Waals surface area (Å²) in [4.78, 5) is 4.18. The first kappa shape index (κ1) is 8.20. The summed E-state index contributed by atoms with van der Waals surface area (Å²) in [6, 6.07) is 9.57. The molecule has 0 N–H and O–H groups in total. The fourth-order valence-electron chi connectivity index (χ4n) is 1.07. The maximum atomic E-state index is 5.73. The van der Waals surface area contributed by atoms with Crippen molar-refractivity contribution >= 4 is 11.6 Å². The van der Waals surface area contributed by atoms with Gasteiger partial charge in [-0.3, -0.25) is 0 Å². The molecular weight excluding hydrogens is 184 g/mol. The van der Waals surface area contributed by atoms with Crippen molar-refractivity contribution in [1.82, 2.24) is 4.98 Å². The first-order valence-corrected chi connectivity index (χ1v) is 4.32. The maximum absolute atomic E-state index is 5.73. The number of aromatic nitrogens is 2. The first-order chi connectivity index (χ1) is 6.36. The average Bonchev–Trinajstić information content (AvgIpc) is 2.20. The number of pyridine rings is 2. The Balaban J connectivity index is 2.42. The SMILES string of the molecule is Clc1ccc(-[n+]2ccccc2)nc1. The quantitative estimate of drug-likeness (QED) is 0.631. The highest BCUT2D eigenvalue weighted by Gasteiger charge is 2.04. The van der Waals surface area contributed by atoms with E-state index in [1.807, 2.05) is 47.3 Å². The van der Waals surface area contributed by atoms with Crippen LogP contribution in [0.5, 0.6) is 0 Å². The Morgan fingerprint density at radius 1 is 1.08 bits per heavy atom. The standard InChI is InChI=1S/C10H8ClN2/c11-9-4-5-10(12-8-9)13-6-2-1-3-7-13/h1-8H/q+1. The van der Waals surface area contributed by atoms with Crippen molar-refractivity contribution in [3.05, 3.63) is 53.9 Å². The van der Waals surface area contributed by atoms with Crippen LogP contribution >= 0.6 is 11.6 Å². The molecule has 3 heteroatoms. The highest BCUT2D eigenvalue weighted by Crippen LogP contribution is 2.05. The molecule has 0 amide bonds. The van der Waals surface area contributed by atoms with Gasteiger partial charge in [-0.05, 0) is 23.2 Å². The predicted molar refractivity (Wildman–Crippen MR) is 50.8 cm³/mol. The van der Waals surface area contributed by atoms with Gasteiger partial charge in [0, 0.05) is 6.07 Å². The van der Waals surface area contributed by atoms with Gasteiger partial charge >= 0.3 is 5.82 Å². The van der Waals surface area contributed by atoms with Crippen molar-refractivity contribution in [2.45, 2.75) is 0 Å². The fourth-order valence-corrected chi connectivity index (χ4v) is 1.18. The molecule has 2 rings (SSSR count). The Labute approximate surface area is 81.4 Å². The monoisotopic (exact) mass is 191 g/mol. The maximum Gasteiger partial charge on any atom is 0.327 e. The minimum Gasteiger partial charge on any atom is -0.203 e. The van der Waals surface area contributed by atoms with Gasteiger partial charge in [-0.25, -0.2) is 4.57 Å². The Morgan fingerprint density at radius 3 is 2.46 bits per heavy atom. The lowest BCUT2D eigenvalue weighted by molar-refractivity contribution is -0.599. The van der Waals surface area contributed by atoms with E-state index in [1.165, 1.54) is 0 Å². The second-order valence-electron chi connectivity index (χ2n) is 2.62. The Kier molecular flexibility index (Phi) is 2.23. The molecule has 64 valence electrons. The smallest absolute Gasteiger partial charge is 0.203 e. The Morgan fingerprint density at radius 2 is 1.85 bits per heavy atom. The zero-order valence-corrected chi connectivity index (χ0v) is 7.65. The van der Waals surface area contributed by atoms with Crippen molar-refractivity contribution in [1.29, 1.82) is 0 Å². The minimum atomic E-state index is 0.653. The number of rotatable bonds is 1. The van der Waals surface area contributed by atoms with Crippen molar-refractivity contribution in [3.8, 4) is 5.82 Å². The highest BCUT2D eigenvalue weighted by atomic mass is 35.5. The van der Waals surface area contributed by atoms with E-state index in [9.17, 15) is 0 Å². The zero-order valence-electron chi connectivity index (χ0n) is 6.89. The molecule has 0 radical (unpaired) electrons. The van der Waals surface area contributed by atoms with Crippen LogP contribution in [0.15, 0.2) is 48.9 Å². The van der Waals surface area contributed by atoms with E-state index in [2.05, 4.69) is 4.98 Å². The third-order valence-electron chi connectivity index (χ3n) is 1.69. The summed E-state index contributed by atoms with van der Waals surface area (Å²) >= 11 is 5.73. The fraction of sp³-hybridized carbons (Fsp3) is 0. The molecule has 0 saturated heterocycles. The van der Waals surface area contributed by atoms with E-state index in [0.29, 0.717) is 5.02 Å². The topological polar surface area (TPSA) is 16.8 Å². The molecule has 0 spiro atoms. The molecule has 0 bridgehead atoms. The molecule has 0 aliphatic heterocycles. The molecule has 2 nitrogen and oxygen atoms in total. The van der Waals surface area contributed by atoms with Gasteiger partial charge in [0.2, 0.25) is 0 Å². The van der Waals surface area contributed by atoms with Crippen LogP contribution < -0.4 is 4.57 Å². The predicted octanol–water partition coefficient (Wildman–Crippen LogP) is 2.01. The summed E-state index contributed by atoms with van der Waals surface area (Å²) in [6.45, 7) is 0. The molecule has 0 saturated carbocycles. The largest absolute Gasteiger partial charge is 0.327 e. The molecule has 2 aromatic heterocycles. The van der Waals surface area contributed by atoms with E-state index < -0.39 is 0 Å². The van der Waals surface area contributed by atoms with Crippen molar-refractivity contribution in [2.24, 2.45) is 0 Å². The van der Waals surface area contributed by atoms with Crippen LogP contribution in [0.4, 0.5) is 0 Å². The molecule has 13 heavy (non-hydrogen) atoms. The Bertz CT molecular complexity index is 383. The number of hydrogen-bond donors (Lipinski definition) is 0. The molecule has 0 aliphatic carbocycles. The minimum absolute atomic E-state index is 0.653. The normalized spacial score (nSPS) is 9.92. The van der Waals surface area contributed by atoms with Crippen LogP contribution in [0.2, 0.25) is 5.02 Å². The second kappa shape index (κ2) is 3.54. The number of nitrogens with zero attached hydrogens (tertiary/aromatic N) is 2. The summed E-state index contributed by atoms with van der Waals surface area (Å²) in [5.41, 5.74) is 0. The third kappa shape index (κ3) is 1.84. The molecule has 0 atom stereocenters. The van der Waals surface area contributed by atoms with Gasteiger partial charge in [0.15, 0.2) is 6.20 Å². The van der Waals surface area contributed by atoms with Crippen LogP contribution in [0.1, 0.15) is 0 Å². The average molecular weight is 192 g/mol. The molecule has 2 aromatic rings. The summed E-state index contributed by atoms with van der Waals surface area (Å²) < 4.78 is 1.93. The first-order valence-electron chi connectivity index (χ1n) is 3.94. The summed E-state index contributed by atoms with van der Waals surface area (Å²) in [5, 5.41) is 0.653. The molecule has 2 heterocycles. The molecule has 0 aromatic carbocycles. The van der Waals surface area contributed by atoms with E-state index in [0.717, 1.165) is 5.82 Å². The van der Waals surface area contributed by atoms with Crippen molar-refractivity contribution in [3.63, 3.8) is 0 Å². The lowest BCUT2D eigenvalue weighted by Crippen LogP contribution is -2.30.